The van der Waals surface area contributed by atoms with Gasteiger partial charge in [-0.25, -0.2) is 0 Å². The zero-order valence-electron chi connectivity index (χ0n) is 13.7. The van der Waals surface area contributed by atoms with Gasteiger partial charge in [-0.3, -0.25) is 9.69 Å². The Balaban J connectivity index is 1.54. The van der Waals surface area contributed by atoms with Crippen LogP contribution in [0.1, 0.15) is 15.9 Å². The summed E-state index contributed by atoms with van der Waals surface area (Å²) in [6.45, 7) is 4.28. The Hall–Kier alpha value is -1.60. The summed E-state index contributed by atoms with van der Waals surface area (Å²) in [5.41, 5.74) is 2.05. The number of carbonyl (C=O) groups excluding carboxylic acids is 1. The Labute approximate surface area is 156 Å². The van der Waals surface area contributed by atoms with Crippen molar-refractivity contribution >= 4 is 28.5 Å². The van der Waals surface area contributed by atoms with Gasteiger partial charge in [0.2, 0.25) is 0 Å². The van der Waals surface area contributed by atoms with E-state index in [9.17, 15) is 4.79 Å². The van der Waals surface area contributed by atoms with Crippen LogP contribution in [0.3, 0.4) is 0 Å². The zero-order chi connectivity index (χ0) is 16.9. The van der Waals surface area contributed by atoms with Gasteiger partial charge in [-0.1, -0.05) is 18.2 Å². The van der Waals surface area contributed by atoms with Gasteiger partial charge in [0.25, 0.3) is 5.91 Å². The number of benzene rings is 2. The van der Waals surface area contributed by atoms with Crippen LogP contribution in [0, 0.1) is 3.57 Å². The smallest absolute Gasteiger partial charge is 0.253 e. The molecule has 1 amide bonds. The molecule has 0 spiro atoms. The maximum absolute atomic E-state index is 12.6. The topological polar surface area (TPSA) is 32.8 Å². The van der Waals surface area contributed by atoms with Crippen molar-refractivity contribution in [2.75, 3.05) is 33.3 Å². The lowest BCUT2D eigenvalue weighted by molar-refractivity contribution is 0.0628. The normalized spacial score (nSPS) is 15.3. The second kappa shape index (κ2) is 7.98. The first-order valence-electron chi connectivity index (χ1n) is 8.06. The number of halogens is 1. The van der Waals surface area contributed by atoms with Gasteiger partial charge in [-0.15, -0.1) is 0 Å². The number of piperazine rings is 1. The van der Waals surface area contributed by atoms with E-state index in [1.807, 2.05) is 41.3 Å². The van der Waals surface area contributed by atoms with E-state index >= 15 is 0 Å². The molecule has 0 atom stereocenters. The van der Waals surface area contributed by atoms with Crippen molar-refractivity contribution in [3.63, 3.8) is 0 Å². The Morgan fingerprint density at radius 2 is 1.79 bits per heavy atom. The Kier molecular flexibility index (Phi) is 5.73. The third-order valence-corrected chi connectivity index (χ3v) is 4.97. The highest BCUT2D eigenvalue weighted by atomic mass is 127. The minimum absolute atomic E-state index is 0.137. The van der Waals surface area contributed by atoms with E-state index in [-0.39, 0.29) is 5.91 Å². The average molecular weight is 436 g/mol. The fourth-order valence-corrected chi connectivity index (χ4v) is 3.45. The molecule has 126 valence electrons. The predicted molar refractivity (Wildman–Crippen MR) is 103 cm³/mol. The number of ether oxygens (including phenoxy) is 1. The van der Waals surface area contributed by atoms with Crippen LogP contribution in [0.4, 0.5) is 0 Å². The first-order chi connectivity index (χ1) is 11.7. The summed E-state index contributed by atoms with van der Waals surface area (Å²) in [6.07, 6.45) is 0. The summed E-state index contributed by atoms with van der Waals surface area (Å²) in [7, 11) is 1.68. The van der Waals surface area contributed by atoms with Crippen LogP contribution in [0.5, 0.6) is 5.75 Å². The van der Waals surface area contributed by atoms with Crippen LogP contribution in [0.2, 0.25) is 0 Å². The van der Waals surface area contributed by atoms with E-state index in [1.54, 1.807) is 7.11 Å². The van der Waals surface area contributed by atoms with Gasteiger partial charge in [0.1, 0.15) is 5.75 Å². The fraction of sp³-hybridized carbons (Fsp3) is 0.316. The van der Waals surface area contributed by atoms with E-state index in [2.05, 4.69) is 39.6 Å². The molecule has 0 N–H and O–H groups in total. The van der Waals surface area contributed by atoms with Crippen molar-refractivity contribution < 1.29 is 9.53 Å². The fourth-order valence-electron chi connectivity index (χ4n) is 2.90. The van der Waals surface area contributed by atoms with Crippen molar-refractivity contribution in [3.8, 4) is 5.75 Å². The van der Waals surface area contributed by atoms with Crippen LogP contribution in [0.25, 0.3) is 0 Å². The first kappa shape index (κ1) is 17.2. The summed E-state index contributed by atoms with van der Waals surface area (Å²) in [5.74, 6) is 1.02. The SMILES string of the molecule is COc1ccc(CN2CCN(C(=O)c3cccc(I)c3)CC2)cc1. The van der Waals surface area contributed by atoms with Gasteiger partial charge < -0.3 is 9.64 Å². The lowest BCUT2D eigenvalue weighted by Gasteiger charge is -2.34. The molecule has 0 bridgehead atoms. The van der Waals surface area contributed by atoms with Crippen LogP contribution in [-0.2, 0) is 6.54 Å². The molecule has 5 heteroatoms. The van der Waals surface area contributed by atoms with Gasteiger partial charge in [-0.05, 0) is 58.5 Å². The summed E-state index contributed by atoms with van der Waals surface area (Å²) in [5, 5.41) is 0. The molecule has 4 nitrogen and oxygen atoms in total. The number of rotatable bonds is 4. The molecule has 0 radical (unpaired) electrons. The molecule has 1 aliphatic rings. The standard InChI is InChI=1S/C19H21IN2O2/c1-24-18-7-5-15(6-8-18)14-21-9-11-22(12-10-21)19(23)16-3-2-4-17(20)13-16/h2-8,13H,9-12,14H2,1H3. The largest absolute Gasteiger partial charge is 0.497 e. The molecule has 0 unspecified atom stereocenters. The molecule has 0 aromatic heterocycles. The average Bonchev–Trinajstić information content (AvgIpc) is 2.62. The Morgan fingerprint density at radius 3 is 2.42 bits per heavy atom. The zero-order valence-corrected chi connectivity index (χ0v) is 15.9. The minimum atomic E-state index is 0.137. The molecular weight excluding hydrogens is 415 g/mol. The highest BCUT2D eigenvalue weighted by Gasteiger charge is 2.22. The number of carbonyl (C=O) groups is 1. The summed E-state index contributed by atoms with van der Waals surface area (Å²) in [6, 6.07) is 16.0. The molecule has 1 aliphatic heterocycles. The van der Waals surface area contributed by atoms with Crippen molar-refractivity contribution in [3.05, 3.63) is 63.2 Å². The maximum Gasteiger partial charge on any atom is 0.253 e. The number of methoxy groups -OCH3 is 1. The van der Waals surface area contributed by atoms with E-state index < -0.39 is 0 Å². The number of hydrogen-bond acceptors (Lipinski definition) is 3. The molecule has 1 fully saturated rings. The van der Waals surface area contributed by atoms with E-state index in [4.69, 9.17) is 4.74 Å². The summed E-state index contributed by atoms with van der Waals surface area (Å²) < 4.78 is 6.29. The van der Waals surface area contributed by atoms with Crippen LogP contribution in [-0.4, -0.2) is 49.0 Å². The monoisotopic (exact) mass is 436 g/mol. The molecule has 2 aromatic carbocycles. The number of nitrogens with zero attached hydrogens (tertiary/aromatic N) is 2. The molecule has 24 heavy (non-hydrogen) atoms. The lowest BCUT2D eigenvalue weighted by atomic mass is 10.1. The third kappa shape index (κ3) is 4.27. The van der Waals surface area contributed by atoms with Crippen molar-refractivity contribution in [2.45, 2.75) is 6.54 Å². The molecule has 1 heterocycles. The van der Waals surface area contributed by atoms with E-state index in [0.717, 1.165) is 47.6 Å². The molecule has 1 saturated heterocycles. The van der Waals surface area contributed by atoms with Crippen molar-refractivity contribution in [1.29, 1.82) is 0 Å². The van der Waals surface area contributed by atoms with Gasteiger partial charge in [0.15, 0.2) is 0 Å². The third-order valence-electron chi connectivity index (χ3n) is 4.30. The predicted octanol–water partition coefficient (Wildman–Crippen LogP) is 3.26. The quantitative estimate of drug-likeness (QED) is 0.690. The van der Waals surface area contributed by atoms with Crippen LogP contribution >= 0.6 is 22.6 Å². The van der Waals surface area contributed by atoms with E-state index in [0.29, 0.717) is 0 Å². The maximum atomic E-state index is 12.6. The van der Waals surface area contributed by atoms with Crippen molar-refractivity contribution in [2.24, 2.45) is 0 Å². The Bertz CT molecular complexity index is 695. The van der Waals surface area contributed by atoms with Gasteiger partial charge in [0, 0.05) is 41.9 Å². The molecule has 0 saturated carbocycles. The van der Waals surface area contributed by atoms with Crippen LogP contribution < -0.4 is 4.74 Å². The number of hydrogen-bond donors (Lipinski definition) is 0. The van der Waals surface area contributed by atoms with Gasteiger partial charge >= 0.3 is 0 Å². The molecule has 2 aromatic rings. The number of amides is 1. The van der Waals surface area contributed by atoms with Crippen molar-refractivity contribution in [1.82, 2.24) is 9.80 Å². The van der Waals surface area contributed by atoms with Crippen LogP contribution in [0.15, 0.2) is 48.5 Å². The molecular formula is C19H21IN2O2. The highest BCUT2D eigenvalue weighted by molar-refractivity contribution is 14.1. The summed E-state index contributed by atoms with van der Waals surface area (Å²) >= 11 is 2.24. The summed E-state index contributed by atoms with van der Waals surface area (Å²) in [4.78, 5) is 16.9. The minimum Gasteiger partial charge on any atom is -0.497 e. The lowest BCUT2D eigenvalue weighted by Crippen LogP contribution is -2.48. The first-order valence-corrected chi connectivity index (χ1v) is 9.14. The molecule has 0 aliphatic carbocycles. The highest BCUT2D eigenvalue weighted by Crippen LogP contribution is 2.16. The van der Waals surface area contributed by atoms with Gasteiger partial charge in [-0.2, -0.15) is 0 Å². The molecule has 3 rings (SSSR count). The second-order valence-corrected chi connectivity index (χ2v) is 7.17. The second-order valence-electron chi connectivity index (χ2n) is 5.93. The van der Waals surface area contributed by atoms with Gasteiger partial charge in [0.05, 0.1) is 7.11 Å². The van der Waals surface area contributed by atoms with E-state index in [1.165, 1.54) is 5.56 Å². The Morgan fingerprint density at radius 1 is 1.08 bits per heavy atom.